The molecule has 0 bridgehead atoms. The molecule has 0 atom stereocenters. The Morgan fingerprint density at radius 3 is 2.19 bits per heavy atom. The standard InChI is InChI=1S/C12H10I3N3O3/c1-5(20)18(3)11-8(14)6(12(21)16-2)7(13)10(9(11)15)17-4-19/h1-3H3,(H,16,21). The first-order valence-electron chi connectivity index (χ1n) is 5.52. The molecule has 0 fully saturated rings. The van der Waals surface area contributed by atoms with Crippen LogP contribution in [0.1, 0.15) is 17.3 Å². The van der Waals surface area contributed by atoms with Gasteiger partial charge in [0.05, 0.1) is 22.0 Å². The Morgan fingerprint density at radius 2 is 1.76 bits per heavy atom. The van der Waals surface area contributed by atoms with Crippen molar-refractivity contribution in [3.63, 3.8) is 0 Å². The second-order valence-corrected chi connectivity index (χ2v) is 7.11. The highest BCUT2D eigenvalue weighted by atomic mass is 127. The van der Waals surface area contributed by atoms with E-state index in [1.807, 2.05) is 67.8 Å². The fourth-order valence-corrected chi connectivity index (χ4v) is 6.18. The maximum atomic E-state index is 12.1. The maximum absolute atomic E-state index is 12.1. The van der Waals surface area contributed by atoms with Crippen molar-refractivity contribution in [2.75, 3.05) is 19.0 Å². The molecule has 0 aliphatic heterocycles. The van der Waals surface area contributed by atoms with Crippen LogP contribution in [0, 0.1) is 10.7 Å². The average molecular weight is 625 g/mol. The summed E-state index contributed by atoms with van der Waals surface area (Å²) >= 11 is 5.99. The summed E-state index contributed by atoms with van der Waals surface area (Å²) in [6.45, 7) is 1.42. The zero-order valence-electron chi connectivity index (χ0n) is 11.3. The Bertz CT molecular complexity index is 670. The molecule has 0 radical (unpaired) electrons. The quantitative estimate of drug-likeness (QED) is 0.319. The number of nitrogens with zero attached hydrogens (tertiary/aromatic N) is 2. The van der Waals surface area contributed by atoms with Gasteiger partial charge in [-0.25, -0.2) is 4.79 Å². The largest absolute Gasteiger partial charge is 0.355 e. The number of nitrogens with one attached hydrogen (secondary N) is 1. The second-order valence-electron chi connectivity index (χ2n) is 3.87. The molecule has 1 N–H and O–H groups in total. The predicted molar refractivity (Wildman–Crippen MR) is 105 cm³/mol. The lowest BCUT2D eigenvalue weighted by Gasteiger charge is -2.22. The smallest absolute Gasteiger partial charge is 0.253 e. The van der Waals surface area contributed by atoms with E-state index in [0.717, 1.165) is 0 Å². The molecule has 1 aromatic carbocycles. The van der Waals surface area contributed by atoms with Crippen LogP contribution in [-0.4, -0.2) is 32.0 Å². The summed E-state index contributed by atoms with van der Waals surface area (Å²) in [6.07, 6.45) is 1.49. The van der Waals surface area contributed by atoms with E-state index in [-0.39, 0.29) is 11.8 Å². The first kappa shape index (κ1) is 18.8. The molecule has 112 valence electrons. The van der Waals surface area contributed by atoms with Crippen molar-refractivity contribution >= 4 is 97.0 Å². The monoisotopic (exact) mass is 625 g/mol. The van der Waals surface area contributed by atoms with E-state index in [0.29, 0.717) is 27.6 Å². The van der Waals surface area contributed by atoms with Gasteiger partial charge in [0.25, 0.3) is 5.91 Å². The van der Waals surface area contributed by atoms with E-state index in [4.69, 9.17) is 0 Å². The summed E-state index contributed by atoms with van der Waals surface area (Å²) in [5.74, 6) is -0.489. The Hall–Kier alpha value is -0.270. The number of isocyanates is 1. The van der Waals surface area contributed by atoms with E-state index < -0.39 is 0 Å². The number of rotatable bonds is 3. The van der Waals surface area contributed by atoms with Crippen molar-refractivity contribution in [2.45, 2.75) is 6.92 Å². The van der Waals surface area contributed by atoms with Crippen molar-refractivity contribution < 1.29 is 14.4 Å². The first-order valence-corrected chi connectivity index (χ1v) is 8.76. The summed E-state index contributed by atoms with van der Waals surface area (Å²) in [4.78, 5) is 39.5. The fraction of sp³-hybridized carbons (Fsp3) is 0.250. The molecular weight excluding hydrogens is 615 g/mol. The van der Waals surface area contributed by atoms with Crippen LogP contribution in [0.25, 0.3) is 0 Å². The average Bonchev–Trinajstić information content (AvgIpc) is 2.42. The number of amides is 2. The van der Waals surface area contributed by atoms with Gasteiger partial charge in [0.15, 0.2) is 0 Å². The normalized spacial score (nSPS) is 9.81. The molecule has 0 heterocycles. The van der Waals surface area contributed by atoms with Crippen LogP contribution in [0.5, 0.6) is 0 Å². The maximum Gasteiger partial charge on any atom is 0.253 e. The molecule has 0 spiro atoms. The number of benzene rings is 1. The molecule has 6 nitrogen and oxygen atoms in total. The summed E-state index contributed by atoms with van der Waals surface area (Å²) < 4.78 is 1.79. The zero-order valence-corrected chi connectivity index (χ0v) is 17.7. The van der Waals surface area contributed by atoms with Crippen LogP contribution < -0.4 is 10.2 Å². The molecule has 21 heavy (non-hydrogen) atoms. The van der Waals surface area contributed by atoms with E-state index in [9.17, 15) is 14.4 Å². The Kier molecular flexibility index (Phi) is 7.00. The molecule has 1 rings (SSSR count). The molecule has 1 aromatic rings. The molecule has 0 saturated carbocycles. The molecule has 0 saturated heterocycles. The molecule has 9 heteroatoms. The minimum Gasteiger partial charge on any atom is -0.355 e. The lowest BCUT2D eigenvalue weighted by atomic mass is 10.1. The van der Waals surface area contributed by atoms with Gasteiger partial charge in [-0.1, -0.05) is 0 Å². The topological polar surface area (TPSA) is 78.8 Å². The van der Waals surface area contributed by atoms with Crippen LogP contribution in [0.4, 0.5) is 11.4 Å². The van der Waals surface area contributed by atoms with Crippen LogP contribution in [0.15, 0.2) is 4.99 Å². The van der Waals surface area contributed by atoms with Gasteiger partial charge in [-0.3, -0.25) is 9.59 Å². The van der Waals surface area contributed by atoms with Gasteiger partial charge in [-0.15, -0.1) is 0 Å². The highest BCUT2D eigenvalue weighted by molar-refractivity contribution is 14.1. The van der Waals surface area contributed by atoms with Crippen molar-refractivity contribution in [1.29, 1.82) is 0 Å². The lowest BCUT2D eigenvalue weighted by Crippen LogP contribution is -2.27. The minimum absolute atomic E-state index is 0.184. The van der Waals surface area contributed by atoms with E-state index in [2.05, 4.69) is 10.3 Å². The fourth-order valence-electron chi connectivity index (χ4n) is 1.56. The van der Waals surface area contributed by atoms with Gasteiger partial charge in [0.2, 0.25) is 12.0 Å². The number of carbonyl (C=O) groups excluding carboxylic acids is 3. The molecular formula is C12H10I3N3O3. The summed E-state index contributed by atoms with van der Waals surface area (Å²) in [5.41, 5.74) is 1.28. The number of hydrogen-bond acceptors (Lipinski definition) is 4. The van der Waals surface area contributed by atoms with Crippen LogP contribution >= 0.6 is 67.8 Å². The van der Waals surface area contributed by atoms with Gasteiger partial charge >= 0.3 is 0 Å². The van der Waals surface area contributed by atoms with Crippen LogP contribution in [0.2, 0.25) is 0 Å². The van der Waals surface area contributed by atoms with Crippen LogP contribution in [-0.2, 0) is 9.59 Å². The molecule has 0 aliphatic rings. The van der Waals surface area contributed by atoms with Crippen molar-refractivity contribution in [1.82, 2.24) is 5.32 Å². The van der Waals surface area contributed by atoms with Gasteiger partial charge < -0.3 is 10.2 Å². The Morgan fingerprint density at radius 1 is 1.19 bits per heavy atom. The molecule has 0 unspecified atom stereocenters. The number of aliphatic imine (C=N–C) groups is 1. The third kappa shape index (κ3) is 3.74. The van der Waals surface area contributed by atoms with Crippen molar-refractivity contribution in [2.24, 2.45) is 4.99 Å². The minimum atomic E-state index is -0.305. The van der Waals surface area contributed by atoms with Crippen LogP contribution in [0.3, 0.4) is 0 Å². The predicted octanol–water partition coefficient (Wildman–Crippen LogP) is 2.81. The van der Waals surface area contributed by atoms with E-state index in [1.165, 1.54) is 25.0 Å². The summed E-state index contributed by atoms with van der Waals surface area (Å²) in [7, 11) is 3.13. The highest BCUT2D eigenvalue weighted by Crippen LogP contribution is 2.41. The lowest BCUT2D eigenvalue weighted by molar-refractivity contribution is -0.116. The van der Waals surface area contributed by atoms with E-state index in [1.54, 1.807) is 7.05 Å². The highest BCUT2D eigenvalue weighted by Gasteiger charge is 2.26. The van der Waals surface area contributed by atoms with Gasteiger partial charge in [-0.2, -0.15) is 4.99 Å². The number of carbonyl (C=O) groups is 2. The molecule has 0 aliphatic carbocycles. The van der Waals surface area contributed by atoms with E-state index >= 15 is 0 Å². The van der Waals surface area contributed by atoms with Gasteiger partial charge in [0.1, 0.15) is 5.69 Å². The third-order valence-electron chi connectivity index (χ3n) is 2.69. The van der Waals surface area contributed by atoms with Crippen molar-refractivity contribution in [3.8, 4) is 0 Å². The Balaban J connectivity index is 3.88. The molecule has 0 aromatic heterocycles. The second kappa shape index (κ2) is 7.83. The summed E-state index contributed by atoms with van der Waals surface area (Å²) in [6, 6.07) is 0. The molecule has 2 amide bonds. The van der Waals surface area contributed by atoms with Gasteiger partial charge in [0, 0.05) is 21.0 Å². The number of halogens is 3. The van der Waals surface area contributed by atoms with Gasteiger partial charge in [-0.05, 0) is 67.8 Å². The number of anilines is 1. The SMILES string of the molecule is CNC(=O)c1c(I)c(N=C=O)c(I)c(N(C)C(C)=O)c1I. The zero-order chi connectivity index (χ0) is 16.3. The summed E-state index contributed by atoms with van der Waals surface area (Å²) in [5, 5.41) is 2.55. The Labute approximate surface area is 162 Å². The number of hydrogen-bond donors (Lipinski definition) is 1. The van der Waals surface area contributed by atoms with Crippen molar-refractivity contribution in [3.05, 3.63) is 16.3 Å². The first-order chi connectivity index (χ1) is 9.77. The third-order valence-corrected chi connectivity index (χ3v) is 5.81.